The Morgan fingerprint density at radius 3 is 2.67 bits per heavy atom. The largest absolute Gasteiger partial charge is 0.338 e. The molecule has 0 atom stereocenters. The van der Waals surface area contributed by atoms with E-state index in [1.54, 1.807) is 10.4 Å². The third-order valence-electron chi connectivity index (χ3n) is 3.54. The molecule has 1 aromatic rings. The quantitative estimate of drug-likeness (QED) is 0.884. The summed E-state index contributed by atoms with van der Waals surface area (Å²) in [4.78, 5) is 18.9. The lowest BCUT2D eigenvalue weighted by Crippen LogP contribution is -2.46. The molecule has 1 aliphatic heterocycles. The lowest BCUT2D eigenvalue weighted by Gasteiger charge is -2.32. The third-order valence-corrected chi connectivity index (χ3v) is 6.10. The van der Waals surface area contributed by atoms with Gasteiger partial charge < -0.3 is 4.90 Å². The van der Waals surface area contributed by atoms with E-state index in [1.807, 2.05) is 13.8 Å². The van der Waals surface area contributed by atoms with Crippen molar-refractivity contribution in [3.63, 3.8) is 0 Å². The van der Waals surface area contributed by atoms with Crippen LogP contribution in [0.3, 0.4) is 0 Å². The van der Waals surface area contributed by atoms with Crippen molar-refractivity contribution in [3.05, 3.63) is 16.1 Å². The van der Waals surface area contributed by atoms with Gasteiger partial charge in [-0.25, -0.2) is 18.1 Å². The summed E-state index contributed by atoms with van der Waals surface area (Å²) in [6, 6.07) is -0.0619. The summed E-state index contributed by atoms with van der Waals surface area (Å²) in [5.74, 6) is 0.163. The minimum Gasteiger partial charge on any atom is -0.338 e. The molecule has 1 aromatic heterocycles. The van der Waals surface area contributed by atoms with E-state index in [4.69, 9.17) is 0 Å². The highest BCUT2D eigenvalue weighted by atomic mass is 32.2. The van der Waals surface area contributed by atoms with E-state index in [1.165, 1.54) is 11.3 Å². The van der Waals surface area contributed by atoms with Crippen molar-refractivity contribution >= 4 is 27.3 Å². The van der Waals surface area contributed by atoms with E-state index < -0.39 is 10.0 Å². The molecule has 8 heteroatoms. The molecule has 2 rings (SSSR count). The van der Waals surface area contributed by atoms with Crippen molar-refractivity contribution < 1.29 is 13.2 Å². The Labute approximate surface area is 129 Å². The van der Waals surface area contributed by atoms with E-state index in [2.05, 4.69) is 9.71 Å². The molecule has 0 bridgehead atoms. The Morgan fingerprint density at radius 2 is 2.14 bits per heavy atom. The molecular formula is C13H21N3O3S2. The molecule has 1 aliphatic rings. The van der Waals surface area contributed by atoms with Crippen LogP contribution in [-0.4, -0.2) is 49.1 Å². The molecule has 0 spiro atoms. The summed E-state index contributed by atoms with van der Waals surface area (Å²) in [6.07, 6.45) is 1.93. The third kappa shape index (κ3) is 4.24. The zero-order chi connectivity index (χ0) is 15.5. The van der Waals surface area contributed by atoms with Crippen LogP contribution < -0.4 is 4.72 Å². The Bertz CT molecular complexity index is 590. The second-order valence-electron chi connectivity index (χ2n) is 5.27. The summed E-state index contributed by atoms with van der Waals surface area (Å²) in [7, 11) is -3.18. The zero-order valence-electron chi connectivity index (χ0n) is 12.3. The summed E-state index contributed by atoms with van der Waals surface area (Å²) in [5.41, 5.74) is 2.43. The molecule has 0 saturated carbocycles. The van der Waals surface area contributed by atoms with Crippen LogP contribution in [0.1, 0.15) is 41.6 Å². The fourth-order valence-electron chi connectivity index (χ4n) is 2.43. The van der Waals surface area contributed by atoms with Crippen LogP contribution >= 0.6 is 11.3 Å². The number of nitrogens with zero attached hydrogens (tertiary/aromatic N) is 2. The first-order chi connectivity index (χ1) is 9.93. The van der Waals surface area contributed by atoms with Gasteiger partial charge in [0.15, 0.2) is 0 Å². The number of aromatic nitrogens is 1. The van der Waals surface area contributed by atoms with Crippen molar-refractivity contribution in [2.45, 2.75) is 39.2 Å². The molecule has 0 aliphatic carbocycles. The summed E-state index contributed by atoms with van der Waals surface area (Å²) >= 11 is 1.35. The molecule has 2 heterocycles. The number of likely N-dealkylation sites (tertiary alicyclic amines) is 1. The van der Waals surface area contributed by atoms with Crippen LogP contribution in [-0.2, 0) is 10.0 Å². The molecule has 118 valence electrons. The normalized spacial score (nSPS) is 17.1. The number of hydrogen-bond donors (Lipinski definition) is 1. The number of nitrogens with one attached hydrogen (secondary N) is 1. The molecule has 1 fully saturated rings. The van der Waals surface area contributed by atoms with Gasteiger partial charge in [0, 0.05) is 19.1 Å². The molecule has 1 saturated heterocycles. The monoisotopic (exact) mass is 331 g/mol. The summed E-state index contributed by atoms with van der Waals surface area (Å²) in [6.45, 7) is 4.83. The van der Waals surface area contributed by atoms with E-state index in [0.717, 1.165) is 5.69 Å². The van der Waals surface area contributed by atoms with Gasteiger partial charge >= 0.3 is 0 Å². The highest BCUT2D eigenvalue weighted by Gasteiger charge is 2.27. The molecular weight excluding hydrogens is 310 g/mol. The number of thiazole rings is 1. The smallest absolute Gasteiger partial charge is 0.265 e. The second-order valence-corrected chi connectivity index (χ2v) is 8.00. The van der Waals surface area contributed by atoms with E-state index in [9.17, 15) is 13.2 Å². The number of amides is 1. The van der Waals surface area contributed by atoms with Crippen molar-refractivity contribution in [2.75, 3.05) is 18.8 Å². The van der Waals surface area contributed by atoms with E-state index in [-0.39, 0.29) is 17.7 Å². The van der Waals surface area contributed by atoms with Crippen molar-refractivity contribution in [1.29, 1.82) is 0 Å². The van der Waals surface area contributed by atoms with E-state index in [0.29, 0.717) is 37.2 Å². The van der Waals surface area contributed by atoms with Crippen LogP contribution in [0.5, 0.6) is 0 Å². The Balaban J connectivity index is 1.89. The molecule has 1 amide bonds. The minimum absolute atomic E-state index is 0.00450. The SMILES string of the molecule is CCCS(=O)(=O)NC1CCN(C(=O)c2scnc2C)CC1. The van der Waals surface area contributed by atoms with Gasteiger partial charge in [-0.2, -0.15) is 0 Å². The predicted molar refractivity (Wildman–Crippen MR) is 83.0 cm³/mol. The topological polar surface area (TPSA) is 79.4 Å². The first kappa shape index (κ1) is 16.4. The highest BCUT2D eigenvalue weighted by Crippen LogP contribution is 2.19. The maximum atomic E-state index is 12.3. The summed E-state index contributed by atoms with van der Waals surface area (Å²) < 4.78 is 26.2. The fourth-order valence-corrected chi connectivity index (χ4v) is 4.60. The van der Waals surface area contributed by atoms with E-state index >= 15 is 0 Å². The van der Waals surface area contributed by atoms with Gasteiger partial charge in [0.1, 0.15) is 4.88 Å². The van der Waals surface area contributed by atoms with Gasteiger partial charge in [-0.05, 0) is 26.2 Å². The molecule has 0 radical (unpaired) electrons. The molecule has 1 N–H and O–H groups in total. The van der Waals surface area contributed by atoms with Gasteiger partial charge in [0.05, 0.1) is 17.0 Å². The molecule has 6 nitrogen and oxygen atoms in total. The van der Waals surface area contributed by atoms with Gasteiger partial charge in [-0.1, -0.05) is 6.92 Å². The van der Waals surface area contributed by atoms with Crippen LogP contribution in [0.4, 0.5) is 0 Å². The van der Waals surface area contributed by atoms with Gasteiger partial charge in [-0.15, -0.1) is 11.3 Å². The number of sulfonamides is 1. The van der Waals surface area contributed by atoms with Gasteiger partial charge in [0.2, 0.25) is 10.0 Å². The fraction of sp³-hybridized carbons (Fsp3) is 0.692. The number of carbonyl (C=O) groups excluding carboxylic acids is 1. The van der Waals surface area contributed by atoms with Crippen molar-refractivity contribution in [1.82, 2.24) is 14.6 Å². The number of hydrogen-bond acceptors (Lipinski definition) is 5. The first-order valence-electron chi connectivity index (χ1n) is 7.12. The maximum Gasteiger partial charge on any atom is 0.265 e. The number of aryl methyl sites for hydroxylation is 1. The maximum absolute atomic E-state index is 12.3. The minimum atomic E-state index is -3.18. The van der Waals surface area contributed by atoms with Crippen LogP contribution in [0.15, 0.2) is 5.51 Å². The Hall–Kier alpha value is -0.990. The predicted octanol–water partition coefficient (Wildman–Crippen LogP) is 1.39. The van der Waals surface area contributed by atoms with Gasteiger partial charge in [-0.3, -0.25) is 4.79 Å². The average molecular weight is 331 g/mol. The number of piperidine rings is 1. The van der Waals surface area contributed by atoms with Crippen LogP contribution in [0, 0.1) is 6.92 Å². The molecule has 0 unspecified atom stereocenters. The Kier molecular flexibility index (Phi) is 5.34. The first-order valence-corrected chi connectivity index (χ1v) is 9.65. The van der Waals surface area contributed by atoms with Crippen LogP contribution in [0.25, 0.3) is 0 Å². The number of rotatable bonds is 5. The second kappa shape index (κ2) is 6.85. The van der Waals surface area contributed by atoms with Gasteiger partial charge in [0.25, 0.3) is 5.91 Å². The summed E-state index contributed by atoms with van der Waals surface area (Å²) in [5, 5.41) is 0. The lowest BCUT2D eigenvalue weighted by molar-refractivity contribution is 0.0715. The highest BCUT2D eigenvalue weighted by molar-refractivity contribution is 7.89. The average Bonchev–Trinajstić information content (AvgIpc) is 2.84. The molecule has 0 aromatic carbocycles. The number of carbonyl (C=O) groups is 1. The lowest BCUT2D eigenvalue weighted by atomic mass is 10.1. The Morgan fingerprint density at radius 1 is 1.48 bits per heavy atom. The van der Waals surface area contributed by atoms with Crippen LogP contribution in [0.2, 0.25) is 0 Å². The van der Waals surface area contributed by atoms with Crippen molar-refractivity contribution in [2.24, 2.45) is 0 Å². The van der Waals surface area contributed by atoms with Crippen molar-refractivity contribution in [3.8, 4) is 0 Å². The standard InChI is InChI=1S/C13H21N3O3S2/c1-3-8-21(18,19)15-11-4-6-16(7-5-11)13(17)12-10(2)14-9-20-12/h9,11,15H,3-8H2,1-2H3. The zero-order valence-corrected chi connectivity index (χ0v) is 14.0. The molecule has 21 heavy (non-hydrogen) atoms.